The number of aryl methyl sites for hydroxylation is 1. The minimum absolute atomic E-state index is 0.0549. The zero-order valence-electron chi connectivity index (χ0n) is 17.2. The van der Waals surface area contributed by atoms with Crippen molar-refractivity contribution < 1.29 is 18.4 Å². The Labute approximate surface area is 178 Å². The number of nitrogen functional groups attached to an aromatic ring is 1. The average molecular weight is 424 g/mol. The minimum Gasteiger partial charge on any atom is -0.383 e. The third kappa shape index (κ3) is 4.74. The molecule has 1 amide bonds. The lowest BCUT2D eigenvalue weighted by atomic mass is 10.0. The van der Waals surface area contributed by atoms with Gasteiger partial charge in [-0.1, -0.05) is 13.0 Å². The normalized spacial score (nSPS) is 10.7. The molecule has 0 unspecified atom stereocenters. The van der Waals surface area contributed by atoms with Gasteiger partial charge in [-0.15, -0.1) is 0 Å². The number of carbonyl (C=O) groups excluding carboxylic acids is 2. The van der Waals surface area contributed by atoms with Gasteiger partial charge in [0.1, 0.15) is 5.82 Å². The molecule has 0 aliphatic carbocycles. The van der Waals surface area contributed by atoms with Gasteiger partial charge in [-0.3, -0.25) is 14.6 Å². The summed E-state index contributed by atoms with van der Waals surface area (Å²) in [5.74, 6) is -2.33. The van der Waals surface area contributed by atoms with Crippen LogP contribution in [0.25, 0.3) is 11.3 Å². The molecule has 1 aromatic carbocycles. The van der Waals surface area contributed by atoms with Crippen molar-refractivity contribution in [1.29, 1.82) is 0 Å². The average Bonchev–Trinajstić information content (AvgIpc) is 2.79. The standard InChI is InChI=1S/C23H22F2N4O2/c1-3-20(31)29(2)18-10-8-16(21(24)22(18)25)17-9-6-15(13-28-17)19(30)11-7-14-5-4-12-27-23(14)26/h4-6,8-10,12-13H,3,7,11H2,1-2H3,(H2,26,27). The maximum absolute atomic E-state index is 14.6. The molecule has 8 heteroatoms. The molecule has 0 radical (unpaired) electrons. The molecule has 0 spiro atoms. The van der Waals surface area contributed by atoms with E-state index in [1.165, 1.54) is 37.5 Å². The van der Waals surface area contributed by atoms with Crippen LogP contribution >= 0.6 is 0 Å². The first-order chi connectivity index (χ1) is 14.8. The number of rotatable bonds is 7. The van der Waals surface area contributed by atoms with E-state index in [1.807, 2.05) is 6.07 Å². The van der Waals surface area contributed by atoms with Crippen LogP contribution in [0.4, 0.5) is 20.3 Å². The highest BCUT2D eigenvalue weighted by atomic mass is 19.2. The van der Waals surface area contributed by atoms with Gasteiger partial charge in [0.2, 0.25) is 5.91 Å². The Hall–Kier alpha value is -3.68. The molecule has 3 rings (SSSR count). The highest BCUT2D eigenvalue weighted by Gasteiger charge is 2.20. The molecular formula is C23H22F2N4O2. The number of nitrogens with two attached hydrogens (primary N) is 1. The Kier molecular flexibility index (Phi) is 6.69. The molecule has 2 heterocycles. The Balaban J connectivity index is 1.76. The zero-order valence-corrected chi connectivity index (χ0v) is 17.2. The van der Waals surface area contributed by atoms with Gasteiger partial charge >= 0.3 is 0 Å². The molecule has 0 saturated carbocycles. The fraction of sp³-hybridized carbons (Fsp3) is 0.217. The van der Waals surface area contributed by atoms with Crippen molar-refractivity contribution in [2.24, 2.45) is 0 Å². The summed E-state index contributed by atoms with van der Waals surface area (Å²) in [5.41, 5.74) is 6.91. The molecular weight excluding hydrogens is 402 g/mol. The van der Waals surface area contributed by atoms with Crippen LogP contribution in [0.3, 0.4) is 0 Å². The van der Waals surface area contributed by atoms with Crippen LogP contribution in [-0.4, -0.2) is 28.7 Å². The van der Waals surface area contributed by atoms with Crippen LogP contribution < -0.4 is 10.6 Å². The van der Waals surface area contributed by atoms with E-state index in [1.54, 1.807) is 19.2 Å². The molecule has 0 atom stereocenters. The molecule has 6 nitrogen and oxygen atoms in total. The van der Waals surface area contributed by atoms with E-state index in [9.17, 15) is 18.4 Å². The number of nitrogens with zero attached hydrogens (tertiary/aromatic N) is 3. The predicted molar refractivity (Wildman–Crippen MR) is 115 cm³/mol. The quantitative estimate of drug-likeness (QED) is 0.575. The lowest BCUT2D eigenvalue weighted by Gasteiger charge is -2.18. The van der Waals surface area contributed by atoms with Crippen molar-refractivity contribution in [2.75, 3.05) is 17.7 Å². The molecule has 2 N–H and O–H groups in total. The Bertz CT molecular complexity index is 1120. The van der Waals surface area contributed by atoms with Gasteiger partial charge in [0, 0.05) is 43.4 Å². The lowest BCUT2D eigenvalue weighted by molar-refractivity contribution is -0.118. The van der Waals surface area contributed by atoms with Gasteiger partial charge in [0.05, 0.1) is 11.4 Å². The van der Waals surface area contributed by atoms with Crippen molar-refractivity contribution in [2.45, 2.75) is 26.2 Å². The molecule has 0 saturated heterocycles. The highest BCUT2D eigenvalue weighted by molar-refractivity contribution is 5.96. The van der Waals surface area contributed by atoms with Gasteiger partial charge in [0.25, 0.3) is 0 Å². The van der Waals surface area contributed by atoms with Crippen LogP contribution in [0.2, 0.25) is 0 Å². The van der Waals surface area contributed by atoms with E-state index in [0.717, 1.165) is 10.5 Å². The second-order valence-corrected chi connectivity index (χ2v) is 6.97. The number of hydrogen-bond donors (Lipinski definition) is 1. The van der Waals surface area contributed by atoms with Gasteiger partial charge in [0.15, 0.2) is 17.4 Å². The Morgan fingerprint density at radius 3 is 2.48 bits per heavy atom. The van der Waals surface area contributed by atoms with Gasteiger partial charge < -0.3 is 10.6 Å². The van der Waals surface area contributed by atoms with Crippen LogP contribution in [0.5, 0.6) is 0 Å². The van der Waals surface area contributed by atoms with Crippen molar-refractivity contribution in [3.63, 3.8) is 0 Å². The number of halogens is 2. The maximum Gasteiger partial charge on any atom is 0.226 e. The number of ketones is 1. The topological polar surface area (TPSA) is 89.2 Å². The summed E-state index contributed by atoms with van der Waals surface area (Å²) >= 11 is 0. The van der Waals surface area contributed by atoms with Crippen molar-refractivity contribution in [3.8, 4) is 11.3 Å². The number of carbonyl (C=O) groups is 2. The Morgan fingerprint density at radius 1 is 1.06 bits per heavy atom. The summed E-state index contributed by atoms with van der Waals surface area (Å²) in [6.45, 7) is 1.64. The zero-order chi connectivity index (χ0) is 22.5. The monoisotopic (exact) mass is 424 g/mol. The fourth-order valence-corrected chi connectivity index (χ4v) is 3.14. The van der Waals surface area contributed by atoms with Crippen LogP contribution in [0.1, 0.15) is 35.7 Å². The summed E-state index contributed by atoms with van der Waals surface area (Å²) in [6.07, 6.45) is 3.74. The summed E-state index contributed by atoms with van der Waals surface area (Å²) < 4.78 is 29.2. The second-order valence-electron chi connectivity index (χ2n) is 6.97. The molecule has 31 heavy (non-hydrogen) atoms. The first-order valence-corrected chi connectivity index (χ1v) is 9.77. The van der Waals surface area contributed by atoms with Crippen LogP contribution in [0.15, 0.2) is 48.8 Å². The predicted octanol–water partition coefficient (Wildman–Crippen LogP) is 4.19. The first kappa shape index (κ1) is 22.0. The molecule has 0 aliphatic rings. The van der Waals surface area contributed by atoms with E-state index >= 15 is 0 Å². The van der Waals surface area contributed by atoms with E-state index in [2.05, 4.69) is 9.97 Å². The third-order valence-electron chi connectivity index (χ3n) is 5.01. The molecule has 0 bridgehead atoms. The number of amides is 1. The van der Waals surface area contributed by atoms with Gasteiger partial charge in [-0.05, 0) is 42.3 Å². The summed E-state index contributed by atoms with van der Waals surface area (Å²) in [5, 5.41) is 0. The number of aromatic nitrogens is 2. The van der Waals surface area contributed by atoms with E-state index < -0.39 is 11.6 Å². The second kappa shape index (κ2) is 9.42. The number of benzene rings is 1. The summed E-state index contributed by atoms with van der Waals surface area (Å²) in [6, 6.07) is 9.24. The number of anilines is 2. The SMILES string of the molecule is CCC(=O)N(C)c1ccc(-c2ccc(C(=O)CCc3cccnc3N)cn2)c(F)c1F. The van der Waals surface area contributed by atoms with E-state index in [4.69, 9.17) is 5.73 Å². The van der Waals surface area contributed by atoms with E-state index in [-0.39, 0.29) is 41.5 Å². The maximum atomic E-state index is 14.6. The third-order valence-corrected chi connectivity index (χ3v) is 5.01. The van der Waals surface area contributed by atoms with Crippen molar-refractivity contribution >= 4 is 23.2 Å². The van der Waals surface area contributed by atoms with Crippen LogP contribution in [0, 0.1) is 11.6 Å². The molecule has 160 valence electrons. The summed E-state index contributed by atoms with van der Waals surface area (Å²) in [7, 11) is 1.39. The molecule has 3 aromatic rings. The molecule has 2 aromatic heterocycles. The van der Waals surface area contributed by atoms with Crippen LogP contribution in [-0.2, 0) is 11.2 Å². The lowest BCUT2D eigenvalue weighted by Crippen LogP contribution is -2.26. The first-order valence-electron chi connectivity index (χ1n) is 9.77. The fourth-order valence-electron chi connectivity index (χ4n) is 3.14. The number of pyridine rings is 2. The summed E-state index contributed by atoms with van der Waals surface area (Å²) in [4.78, 5) is 33.4. The highest BCUT2D eigenvalue weighted by Crippen LogP contribution is 2.29. The number of Topliss-reactive ketones (excluding diaryl/α,β-unsaturated/α-hetero) is 1. The smallest absolute Gasteiger partial charge is 0.226 e. The minimum atomic E-state index is -1.13. The largest absolute Gasteiger partial charge is 0.383 e. The Morgan fingerprint density at radius 2 is 1.84 bits per heavy atom. The molecule has 0 fully saturated rings. The van der Waals surface area contributed by atoms with Crippen molar-refractivity contribution in [1.82, 2.24) is 9.97 Å². The van der Waals surface area contributed by atoms with Gasteiger partial charge in [-0.25, -0.2) is 13.8 Å². The van der Waals surface area contributed by atoms with Crippen molar-refractivity contribution in [3.05, 3.63) is 71.6 Å². The number of hydrogen-bond acceptors (Lipinski definition) is 5. The van der Waals surface area contributed by atoms with Gasteiger partial charge in [-0.2, -0.15) is 0 Å². The molecule has 0 aliphatic heterocycles. The van der Waals surface area contributed by atoms with E-state index in [0.29, 0.717) is 17.8 Å².